The molecule has 0 aromatic heterocycles. The number of benzene rings is 2. The van der Waals surface area contributed by atoms with E-state index in [1.54, 1.807) is 48.3 Å². The van der Waals surface area contributed by atoms with Crippen LogP contribution in [0.15, 0.2) is 65.7 Å². The average molecular weight is 397 g/mol. The van der Waals surface area contributed by atoms with Crippen LogP contribution in [0.4, 0.5) is 10.1 Å². The van der Waals surface area contributed by atoms with Crippen LogP contribution in [0, 0.1) is 5.82 Å². The Kier molecular flexibility index (Phi) is 4.44. The van der Waals surface area contributed by atoms with E-state index in [0.29, 0.717) is 16.9 Å². The minimum atomic E-state index is -0.578. The highest BCUT2D eigenvalue weighted by molar-refractivity contribution is 6.31. The number of para-hydroxylation sites is 1. The lowest BCUT2D eigenvalue weighted by Crippen LogP contribution is -2.17. The molecule has 2 aromatic carbocycles. The first-order valence-corrected chi connectivity index (χ1v) is 8.72. The lowest BCUT2D eigenvalue weighted by Gasteiger charge is -2.10. The summed E-state index contributed by atoms with van der Waals surface area (Å²) in [5.74, 6) is -1.06. The van der Waals surface area contributed by atoms with E-state index in [9.17, 15) is 14.0 Å². The molecular weight excluding hydrogens is 383 g/mol. The van der Waals surface area contributed by atoms with Crippen LogP contribution in [-0.2, 0) is 7.05 Å². The Bertz CT molecular complexity index is 1220. The fourth-order valence-corrected chi connectivity index (χ4v) is 3.10. The maximum absolute atomic E-state index is 13.3. The standard InChI is InChI=1S/C20H14ClFN4O2/c1-25-10-14(19(27)23-12-7-8-17(22)16(21)9-12)18-15(11-25)20(28)26(24-18)13-5-3-2-4-6-13/h2-11H,1H3,(H,23,27). The summed E-state index contributed by atoms with van der Waals surface area (Å²) in [5.41, 5.74) is 1.42. The fourth-order valence-electron chi connectivity index (χ4n) is 2.92. The number of pyridine rings is 1. The van der Waals surface area contributed by atoms with Gasteiger partial charge in [-0.2, -0.15) is 9.78 Å². The second-order valence-corrected chi connectivity index (χ2v) is 6.64. The Morgan fingerprint density at radius 2 is 1.89 bits per heavy atom. The van der Waals surface area contributed by atoms with Crippen LogP contribution in [0.1, 0.15) is 10.4 Å². The summed E-state index contributed by atoms with van der Waals surface area (Å²) in [7, 11) is 1.71. The van der Waals surface area contributed by atoms with Crippen molar-refractivity contribution in [3.05, 3.63) is 87.7 Å². The van der Waals surface area contributed by atoms with Gasteiger partial charge in [0.15, 0.2) is 0 Å². The van der Waals surface area contributed by atoms with E-state index in [2.05, 4.69) is 10.4 Å². The Morgan fingerprint density at radius 1 is 1.14 bits per heavy atom. The highest BCUT2D eigenvalue weighted by Crippen LogP contribution is 2.24. The van der Waals surface area contributed by atoms with E-state index in [1.165, 1.54) is 22.9 Å². The molecule has 0 unspecified atom stereocenters. The van der Waals surface area contributed by atoms with Crippen LogP contribution in [0.25, 0.3) is 16.9 Å². The first kappa shape index (κ1) is 17.9. The maximum atomic E-state index is 13.3. The number of aryl methyl sites for hydroxylation is 1. The largest absolute Gasteiger partial charge is 0.356 e. The smallest absolute Gasteiger partial charge is 0.282 e. The van der Waals surface area contributed by atoms with Crippen molar-refractivity contribution in [3.8, 4) is 16.9 Å². The van der Waals surface area contributed by atoms with Crippen molar-refractivity contribution in [1.82, 2.24) is 14.3 Å². The molecule has 6 nitrogen and oxygen atoms in total. The first-order valence-electron chi connectivity index (χ1n) is 8.35. The second kappa shape index (κ2) is 6.94. The van der Waals surface area contributed by atoms with E-state index in [0.717, 1.165) is 0 Å². The van der Waals surface area contributed by atoms with Gasteiger partial charge in [0.05, 0.1) is 21.8 Å². The number of amides is 1. The number of rotatable bonds is 3. The van der Waals surface area contributed by atoms with Gasteiger partial charge in [-0.15, -0.1) is 0 Å². The van der Waals surface area contributed by atoms with Crippen LogP contribution in [0.3, 0.4) is 0 Å². The number of carbonyl (C=O) groups excluding carboxylic acids is 1. The van der Waals surface area contributed by atoms with Gasteiger partial charge in [0.2, 0.25) is 0 Å². The third-order valence-electron chi connectivity index (χ3n) is 4.22. The number of aromatic nitrogens is 3. The van der Waals surface area contributed by atoms with Crippen molar-refractivity contribution in [1.29, 1.82) is 0 Å². The third kappa shape index (κ3) is 3.16. The molecule has 4 rings (SSSR count). The quantitative estimate of drug-likeness (QED) is 0.573. The molecule has 1 N–H and O–H groups in total. The molecule has 140 valence electrons. The van der Waals surface area contributed by atoms with Gasteiger partial charge in [-0.25, -0.2) is 4.39 Å². The summed E-state index contributed by atoms with van der Waals surface area (Å²) < 4.78 is 16.2. The monoisotopic (exact) mass is 396 g/mol. The number of nitrogens with zero attached hydrogens (tertiary/aromatic N) is 3. The molecule has 0 atom stereocenters. The van der Waals surface area contributed by atoms with Crippen LogP contribution in [0.5, 0.6) is 0 Å². The zero-order valence-electron chi connectivity index (χ0n) is 14.7. The highest BCUT2D eigenvalue weighted by atomic mass is 35.5. The number of halogens is 2. The minimum Gasteiger partial charge on any atom is -0.356 e. The van der Waals surface area contributed by atoms with Gasteiger partial charge in [0, 0.05) is 25.1 Å². The molecule has 0 radical (unpaired) electrons. The van der Waals surface area contributed by atoms with Gasteiger partial charge in [-0.05, 0) is 30.3 Å². The number of hydrogen-bond acceptors (Lipinski definition) is 3. The molecule has 0 aliphatic carbocycles. The van der Waals surface area contributed by atoms with Gasteiger partial charge >= 0.3 is 0 Å². The van der Waals surface area contributed by atoms with Crippen LogP contribution < -0.4 is 10.9 Å². The van der Waals surface area contributed by atoms with Gasteiger partial charge in [0.1, 0.15) is 11.5 Å². The molecule has 0 spiro atoms. The maximum Gasteiger partial charge on any atom is 0.282 e. The van der Waals surface area contributed by atoms with Gasteiger partial charge in [0.25, 0.3) is 11.5 Å². The molecule has 28 heavy (non-hydrogen) atoms. The zero-order valence-corrected chi connectivity index (χ0v) is 15.4. The zero-order chi connectivity index (χ0) is 19.8. The Balaban J connectivity index is 1.79. The lowest BCUT2D eigenvalue weighted by molar-refractivity contribution is 0.102. The SMILES string of the molecule is Cn1cc(C(=O)Nc2ccc(F)c(Cl)c2)c2nn(-c3ccccc3)c(=O)c-2c1. The molecule has 2 aliphatic rings. The molecule has 2 aromatic rings. The first-order chi connectivity index (χ1) is 13.4. The van der Waals surface area contributed by atoms with Crippen LogP contribution in [0.2, 0.25) is 5.02 Å². The van der Waals surface area contributed by atoms with E-state index in [-0.39, 0.29) is 21.8 Å². The molecule has 2 heterocycles. The summed E-state index contributed by atoms with van der Waals surface area (Å²) in [6.07, 6.45) is 3.19. The summed E-state index contributed by atoms with van der Waals surface area (Å²) in [4.78, 5) is 25.6. The molecule has 8 heteroatoms. The number of fused-ring (bicyclic) bond motifs is 1. The van der Waals surface area contributed by atoms with Crippen molar-refractivity contribution >= 4 is 23.2 Å². The molecular formula is C20H14ClFN4O2. The number of nitrogens with one attached hydrogen (secondary N) is 1. The molecule has 0 saturated carbocycles. The molecule has 0 fully saturated rings. The molecule has 1 amide bonds. The van der Waals surface area contributed by atoms with Crippen molar-refractivity contribution in [2.45, 2.75) is 0 Å². The van der Waals surface area contributed by atoms with Crippen LogP contribution in [-0.4, -0.2) is 20.3 Å². The van der Waals surface area contributed by atoms with E-state index in [4.69, 9.17) is 11.6 Å². The van der Waals surface area contributed by atoms with Gasteiger partial charge in [-0.1, -0.05) is 29.8 Å². The number of hydrogen-bond donors (Lipinski definition) is 1. The van der Waals surface area contributed by atoms with E-state index >= 15 is 0 Å². The van der Waals surface area contributed by atoms with Gasteiger partial charge < -0.3 is 9.88 Å². The van der Waals surface area contributed by atoms with Crippen molar-refractivity contribution in [3.63, 3.8) is 0 Å². The predicted molar refractivity (Wildman–Crippen MR) is 105 cm³/mol. The normalized spacial score (nSPS) is 11.0. The van der Waals surface area contributed by atoms with E-state index < -0.39 is 11.7 Å². The summed E-state index contributed by atoms with van der Waals surface area (Å²) >= 11 is 5.77. The Morgan fingerprint density at radius 3 is 2.61 bits per heavy atom. The third-order valence-corrected chi connectivity index (χ3v) is 4.51. The minimum absolute atomic E-state index is 0.100. The highest BCUT2D eigenvalue weighted by Gasteiger charge is 2.24. The summed E-state index contributed by atoms with van der Waals surface area (Å²) in [6, 6.07) is 12.8. The Hall–Kier alpha value is -3.45. The average Bonchev–Trinajstić information content (AvgIpc) is 3.01. The summed E-state index contributed by atoms with van der Waals surface area (Å²) in [5, 5.41) is 6.92. The number of carbonyl (C=O) groups is 1. The van der Waals surface area contributed by atoms with Crippen molar-refractivity contribution < 1.29 is 9.18 Å². The second-order valence-electron chi connectivity index (χ2n) is 6.24. The lowest BCUT2D eigenvalue weighted by atomic mass is 10.1. The van der Waals surface area contributed by atoms with Crippen LogP contribution >= 0.6 is 11.6 Å². The molecule has 2 aliphatic heterocycles. The molecule has 0 saturated heterocycles. The number of anilines is 1. The Labute approximate surface area is 164 Å². The summed E-state index contributed by atoms with van der Waals surface area (Å²) in [6.45, 7) is 0. The van der Waals surface area contributed by atoms with Crippen molar-refractivity contribution in [2.24, 2.45) is 7.05 Å². The van der Waals surface area contributed by atoms with Crippen molar-refractivity contribution in [2.75, 3.05) is 5.32 Å². The van der Waals surface area contributed by atoms with Gasteiger partial charge in [-0.3, -0.25) is 9.59 Å². The predicted octanol–water partition coefficient (Wildman–Crippen LogP) is 3.72. The molecule has 0 bridgehead atoms. The van der Waals surface area contributed by atoms with E-state index in [1.807, 2.05) is 6.07 Å². The fraction of sp³-hybridized carbons (Fsp3) is 0.0500. The topological polar surface area (TPSA) is 68.9 Å².